The summed E-state index contributed by atoms with van der Waals surface area (Å²) in [4.78, 5) is 184. The second kappa shape index (κ2) is 36.2. The van der Waals surface area contributed by atoms with E-state index >= 15 is 9.59 Å². The third-order valence-electron chi connectivity index (χ3n) is 16.4. The Bertz CT molecular complexity index is 2510. The van der Waals surface area contributed by atoms with E-state index in [4.69, 9.17) is 4.74 Å². The number of amides is 11. The summed E-state index contributed by atoms with van der Waals surface area (Å²) in [5.74, 6) is -11.2. The molecule has 0 spiro atoms. The van der Waals surface area contributed by atoms with Gasteiger partial charge in [-0.25, -0.2) is 0 Å². The van der Waals surface area contributed by atoms with Crippen LogP contribution in [0.3, 0.4) is 0 Å². The van der Waals surface area contributed by atoms with E-state index in [1.54, 1.807) is 74.5 Å². The summed E-state index contributed by atoms with van der Waals surface area (Å²) in [5, 5.41) is 10.9. The maximum absolute atomic E-state index is 15.1. The SMILES string of the molecule is C=CCOC(C)(C)C[C@H]1C(=O)N[C@@H](C(C)C)C(=O)N(C)[C@@H](CC(C)C)C(=O)N[C@@H](C)C(=O)N[C@H](C)C(=O)N(C)[C@@H](CC(C)C)C(=O)N(C)[C@@H](CC(C)C)C(=O)N(C)[C@@H](C(C)C)C(=O)N(C)[C@@H](C(=O)[C@H](C)C/C=C/C)C(=O)N[C@@H](CC)C(=O)N(C)CC(=O)N1C. The first-order valence-corrected chi connectivity index (χ1v) is 31.5. The molecule has 1 heterocycles. The number of carbonyl (C=O) groups excluding carboxylic acids is 12. The van der Waals surface area contributed by atoms with Crippen molar-refractivity contribution in [3.05, 3.63) is 24.8 Å². The van der Waals surface area contributed by atoms with Crippen molar-refractivity contribution in [2.45, 2.75) is 222 Å². The maximum Gasteiger partial charge on any atom is 0.251 e. The van der Waals surface area contributed by atoms with Crippen molar-refractivity contribution in [3.63, 3.8) is 0 Å². The molecular formula is C65H113N11O13. The lowest BCUT2D eigenvalue weighted by atomic mass is 9.92. The molecule has 1 saturated heterocycles. The van der Waals surface area contributed by atoms with Gasteiger partial charge < -0.3 is 60.3 Å². The number of ketones is 1. The normalized spacial score (nSPS) is 25.9. The standard InChI is InChI=1S/C65H113N11O13/c1-26-29-30-42(14)54(78)53-58(82)68-45(28-3)60(84)70(19)36-50(77)71(20)49(35-65(17,18)89-31-27-2)57(81)69-51(40(10)11)63(87)72(21)46(32-37(4)5)56(80)66-43(15)55(79)67-44(16)59(83)73(22)47(33-38(6)7)61(85)74(23)48(34-39(8)9)62(86)75(24)52(41(12)13)64(88)76(53)25/h26-27,29,37-49,51-53H,2,28,30-36H2,1,3-25H3,(H,66,80)(H,67,79)(H,68,82)(H,69,81)/b29-26+/t42-,43+,44-,45+,46+,47+,48+,49+,51+,52+,53+/m1/s1. The van der Waals surface area contributed by atoms with Gasteiger partial charge >= 0.3 is 0 Å². The minimum Gasteiger partial charge on any atom is -0.371 e. The van der Waals surface area contributed by atoms with Crippen LogP contribution in [0.2, 0.25) is 0 Å². The Morgan fingerprint density at radius 1 is 0.562 bits per heavy atom. The van der Waals surface area contributed by atoms with Crippen molar-refractivity contribution in [3.8, 4) is 0 Å². The zero-order valence-corrected chi connectivity index (χ0v) is 58.3. The summed E-state index contributed by atoms with van der Waals surface area (Å²) in [6.45, 7) is 32.4. The number of ether oxygens (including phenoxy) is 1. The highest BCUT2D eigenvalue weighted by atomic mass is 16.5. The lowest BCUT2D eigenvalue weighted by Crippen LogP contribution is -2.63. The molecule has 1 aliphatic rings. The van der Waals surface area contributed by atoms with Crippen LogP contribution in [0.25, 0.3) is 0 Å². The first-order chi connectivity index (χ1) is 41.1. The molecule has 24 nitrogen and oxygen atoms in total. The Labute approximate surface area is 531 Å². The molecule has 11 atom stereocenters. The zero-order valence-electron chi connectivity index (χ0n) is 58.3. The maximum atomic E-state index is 15.1. The van der Waals surface area contributed by atoms with Crippen LogP contribution in [-0.4, -0.2) is 234 Å². The van der Waals surface area contributed by atoms with E-state index in [1.807, 2.05) is 41.5 Å². The van der Waals surface area contributed by atoms with Crippen LogP contribution in [0, 0.1) is 35.5 Å². The van der Waals surface area contributed by atoms with Crippen molar-refractivity contribution < 1.29 is 62.3 Å². The molecule has 1 aliphatic heterocycles. The molecule has 11 amide bonds. The van der Waals surface area contributed by atoms with Gasteiger partial charge in [0.2, 0.25) is 59.1 Å². The second-order valence-corrected chi connectivity index (χ2v) is 26.8. The number of likely N-dealkylation sites (N-methyl/N-ethyl adjacent to an activating group) is 7. The highest BCUT2D eigenvalue weighted by molar-refractivity contribution is 6.10. The Hall–Kier alpha value is -6.72. The number of allylic oxidation sites excluding steroid dienone is 2. The number of Topliss-reactive ketones (excluding diaryl/α,β-unsaturated/α-hetero) is 1. The highest BCUT2D eigenvalue weighted by Gasteiger charge is 2.46. The number of nitrogens with one attached hydrogen (secondary N) is 4. The summed E-state index contributed by atoms with van der Waals surface area (Å²) >= 11 is 0. The molecule has 0 saturated carbocycles. The third-order valence-corrected chi connectivity index (χ3v) is 16.4. The molecule has 0 radical (unpaired) electrons. The number of hydrogen-bond donors (Lipinski definition) is 4. The van der Waals surface area contributed by atoms with Crippen molar-refractivity contribution in [2.24, 2.45) is 35.5 Å². The molecule has 506 valence electrons. The summed E-state index contributed by atoms with van der Waals surface area (Å²) in [6.07, 6.45) is 5.45. The van der Waals surface area contributed by atoms with E-state index in [-0.39, 0.29) is 62.9 Å². The first kappa shape index (κ1) is 80.3. The smallest absolute Gasteiger partial charge is 0.251 e. The predicted molar refractivity (Wildman–Crippen MR) is 343 cm³/mol. The van der Waals surface area contributed by atoms with Gasteiger partial charge in [-0.3, -0.25) is 57.5 Å². The van der Waals surface area contributed by atoms with Gasteiger partial charge in [-0.15, -0.1) is 6.58 Å². The van der Waals surface area contributed by atoms with Crippen LogP contribution in [0.5, 0.6) is 0 Å². The molecule has 1 fully saturated rings. The minimum atomic E-state index is -1.83. The van der Waals surface area contributed by atoms with Gasteiger partial charge in [-0.05, 0) is 96.3 Å². The highest BCUT2D eigenvalue weighted by Crippen LogP contribution is 2.26. The average Bonchev–Trinajstić information content (AvgIpc) is 2.35. The van der Waals surface area contributed by atoms with Crippen LogP contribution < -0.4 is 21.3 Å². The summed E-state index contributed by atoms with van der Waals surface area (Å²) in [6, 6.07) is -13.1. The van der Waals surface area contributed by atoms with Gasteiger partial charge in [-0.2, -0.15) is 0 Å². The summed E-state index contributed by atoms with van der Waals surface area (Å²) in [7, 11) is 9.69. The lowest BCUT2D eigenvalue weighted by molar-refractivity contribution is -0.157. The summed E-state index contributed by atoms with van der Waals surface area (Å²) < 4.78 is 6.03. The fraction of sp³-hybridized carbons (Fsp3) is 0.754. The van der Waals surface area contributed by atoms with Crippen molar-refractivity contribution in [1.82, 2.24) is 55.6 Å². The van der Waals surface area contributed by atoms with E-state index in [2.05, 4.69) is 27.8 Å². The van der Waals surface area contributed by atoms with E-state index < -0.39 is 161 Å². The van der Waals surface area contributed by atoms with Gasteiger partial charge in [0.15, 0.2) is 11.8 Å². The quantitative estimate of drug-likeness (QED) is 0.112. The van der Waals surface area contributed by atoms with Crippen LogP contribution in [0.4, 0.5) is 0 Å². The lowest BCUT2D eigenvalue weighted by Gasteiger charge is -2.40. The Kier molecular flexibility index (Phi) is 32.7. The zero-order chi connectivity index (χ0) is 69.0. The molecule has 24 heteroatoms. The topological polar surface area (TPSA) is 285 Å². The number of hydrogen-bond acceptors (Lipinski definition) is 13. The van der Waals surface area contributed by atoms with Crippen molar-refractivity contribution in [2.75, 3.05) is 62.5 Å². The van der Waals surface area contributed by atoms with E-state index in [1.165, 1.54) is 88.9 Å². The molecule has 89 heavy (non-hydrogen) atoms. The molecule has 0 unspecified atom stereocenters. The van der Waals surface area contributed by atoms with E-state index in [0.29, 0.717) is 0 Å². The first-order valence-electron chi connectivity index (χ1n) is 31.5. The molecule has 1 rings (SSSR count). The van der Waals surface area contributed by atoms with Gasteiger partial charge in [0.1, 0.15) is 54.4 Å². The Morgan fingerprint density at radius 2 is 1.03 bits per heavy atom. The van der Waals surface area contributed by atoms with Gasteiger partial charge in [-0.1, -0.05) is 101 Å². The van der Waals surface area contributed by atoms with Gasteiger partial charge in [0.05, 0.1) is 18.8 Å². The number of nitrogens with zero attached hydrogens (tertiary/aromatic N) is 7. The van der Waals surface area contributed by atoms with Crippen LogP contribution in [-0.2, 0) is 62.3 Å². The number of rotatable bonds is 18. The molecule has 4 N–H and O–H groups in total. The van der Waals surface area contributed by atoms with Crippen LogP contribution in [0.1, 0.15) is 156 Å². The monoisotopic (exact) mass is 1260 g/mol. The van der Waals surface area contributed by atoms with Crippen LogP contribution >= 0.6 is 0 Å². The fourth-order valence-corrected chi connectivity index (χ4v) is 10.9. The average molecular weight is 1260 g/mol. The fourth-order valence-electron chi connectivity index (χ4n) is 10.9. The Morgan fingerprint density at radius 3 is 1.51 bits per heavy atom. The van der Waals surface area contributed by atoms with E-state index in [0.717, 1.165) is 14.7 Å². The Balaban J connectivity index is 4.41. The largest absolute Gasteiger partial charge is 0.371 e. The third kappa shape index (κ3) is 22.9. The van der Waals surface area contributed by atoms with Gasteiger partial charge in [0.25, 0.3) is 5.91 Å². The molecule has 0 aromatic rings. The predicted octanol–water partition coefficient (Wildman–Crippen LogP) is 3.80. The second-order valence-electron chi connectivity index (χ2n) is 26.8. The molecular weight excluding hydrogens is 1140 g/mol. The number of carbonyl (C=O) groups is 12. The molecule has 0 bridgehead atoms. The molecule has 0 aromatic heterocycles. The van der Waals surface area contributed by atoms with E-state index in [9.17, 15) is 47.9 Å². The van der Waals surface area contributed by atoms with Crippen LogP contribution in [0.15, 0.2) is 24.8 Å². The van der Waals surface area contributed by atoms with Crippen molar-refractivity contribution in [1.29, 1.82) is 0 Å². The van der Waals surface area contributed by atoms with Crippen molar-refractivity contribution >= 4 is 70.8 Å². The molecule has 0 aromatic carbocycles. The minimum absolute atomic E-state index is 0.0331. The molecule has 0 aliphatic carbocycles. The van der Waals surface area contributed by atoms with Gasteiger partial charge in [0, 0.05) is 61.7 Å². The summed E-state index contributed by atoms with van der Waals surface area (Å²) in [5.41, 5.74) is -1.08.